The molecule has 2 fully saturated rings. The number of amides is 2. The van der Waals surface area contributed by atoms with Crippen LogP contribution < -0.4 is 5.32 Å². The Morgan fingerprint density at radius 2 is 2.04 bits per heavy atom. The van der Waals surface area contributed by atoms with Gasteiger partial charge >= 0.3 is 0 Å². The number of benzene rings is 1. The highest BCUT2D eigenvalue weighted by atomic mass is 16.2. The van der Waals surface area contributed by atoms with Crippen LogP contribution in [-0.4, -0.2) is 40.3 Å². The van der Waals surface area contributed by atoms with Gasteiger partial charge in [0.05, 0.1) is 6.04 Å². The molecule has 0 spiro atoms. The maximum Gasteiger partial charge on any atom is 0.244 e. The van der Waals surface area contributed by atoms with Crippen LogP contribution >= 0.6 is 0 Å². The van der Waals surface area contributed by atoms with E-state index in [0.717, 1.165) is 12.0 Å². The molecule has 3 atom stereocenters. The average molecular weight is 347 g/mol. The lowest BCUT2D eigenvalue weighted by molar-refractivity contribution is -0.128. The second-order valence-corrected chi connectivity index (χ2v) is 6.90. The van der Waals surface area contributed by atoms with Crippen LogP contribution in [0.5, 0.6) is 0 Å². The summed E-state index contributed by atoms with van der Waals surface area (Å²) in [6.07, 6.45) is 8.00. The van der Waals surface area contributed by atoms with E-state index in [4.69, 9.17) is 0 Å². The monoisotopic (exact) mass is 347 g/mol. The zero-order valence-electron chi connectivity index (χ0n) is 14.4. The van der Waals surface area contributed by atoms with Crippen molar-refractivity contribution in [2.45, 2.75) is 30.8 Å². The summed E-state index contributed by atoms with van der Waals surface area (Å²) < 4.78 is 0. The fourth-order valence-corrected chi connectivity index (χ4v) is 3.63. The first-order chi connectivity index (χ1) is 12.7. The number of carbonyl (C=O) groups excluding carboxylic acids is 2. The molecule has 4 rings (SSSR count). The maximum atomic E-state index is 12.4. The van der Waals surface area contributed by atoms with Gasteiger partial charge in [0.2, 0.25) is 11.8 Å². The van der Waals surface area contributed by atoms with Crippen LogP contribution in [0.4, 0.5) is 0 Å². The second-order valence-electron chi connectivity index (χ2n) is 6.90. The van der Waals surface area contributed by atoms with Gasteiger partial charge in [0.15, 0.2) is 0 Å². The van der Waals surface area contributed by atoms with Crippen LogP contribution in [0.25, 0.3) is 6.08 Å². The summed E-state index contributed by atoms with van der Waals surface area (Å²) in [7, 11) is 0. The van der Waals surface area contributed by atoms with Crippen molar-refractivity contribution in [3.63, 3.8) is 0 Å². The number of carbonyl (C=O) groups is 2. The summed E-state index contributed by atoms with van der Waals surface area (Å²) in [5, 5.41) is 2.94. The smallest absolute Gasteiger partial charge is 0.244 e. The molecule has 2 heterocycles. The van der Waals surface area contributed by atoms with Gasteiger partial charge < -0.3 is 10.2 Å². The SMILES string of the molecule is O=C(/C=C/c1cccnc1)N[C@@H]1CC(=O)N([C@@H]2C[C@@H]2c2ccccc2)C1. The van der Waals surface area contributed by atoms with Gasteiger partial charge in [0, 0.05) is 43.4 Å². The maximum absolute atomic E-state index is 12.4. The van der Waals surface area contributed by atoms with Crippen molar-refractivity contribution < 1.29 is 9.59 Å². The molecule has 1 aromatic heterocycles. The third kappa shape index (κ3) is 3.67. The van der Waals surface area contributed by atoms with Crippen molar-refractivity contribution >= 4 is 17.9 Å². The van der Waals surface area contributed by atoms with Crippen LogP contribution in [-0.2, 0) is 9.59 Å². The van der Waals surface area contributed by atoms with E-state index in [0.29, 0.717) is 18.9 Å². The molecular formula is C21H21N3O2. The predicted octanol–water partition coefficient (Wildman–Crippen LogP) is 2.37. The van der Waals surface area contributed by atoms with Gasteiger partial charge in [-0.15, -0.1) is 0 Å². The quantitative estimate of drug-likeness (QED) is 0.845. The van der Waals surface area contributed by atoms with E-state index >= 15 is 0 Å². The van der Waals surface area contributed by atoms with E-state index in [1.54, 1.807) is 18.5 Å². The number of nitrogens with one attached hydrogen (secondary N) is 1. The lowest BCUT2D eigenvalue weighted by atomic mass is 10.1. The Morgan fingerprint density at radius 3 is 2.81 bits per heavy atom. The Kier molecular flexibility index (Phi) is 4.52. The van der Waals surface area contributed by atoms with E-state index in [2.05, 4.69) is 22.4 Å². The topological polar surface area (TPSA) is 62.3 Å². The van der Waals surface area contributed by atoms with Gasteiger partial charge in [-0.25, -0.2) is 0 Å². The van der Waals surface area contributed by atoms with Gasteiger partial charge in [-0.2, -0.15) is 0 Å². The lowest BCUT2D eigenvalue weighted by Gasteiger charge is -2.17. The first-order valence-electron chi connectivity index (χ1n) is 8.94. The minimum absolute atomic E-state index is 0.120. The molecule has 1 saturated carbocycles. The van der Waals surface area contributed by atoms with Gasteiger partial charge in [-0.1, -0.05) is 36.4 Å². The Labute approximate surface area is 152 Å². The Balaban J connectivity index is 1.31. The molecule has 2 aliphatic rings. The molecule has 132 valence electrons. The highest BCUT2D eigenvalue weighted by Crippen LogP contribution is 2.45. The summed E-state index contributed by atoms with van der Waals surface area (Å²) in [5.41, 5.74) is 2.16. The van der Waals surface area contributed by atoms with Crippen molar-refractivity contribution in [1.29, 1.82) is 0 Å². The molecule has 2 aromatic rings. The van der Waals surface area contributed by atoms with Crippen molar-refractivity contribution in [2.75, 3.05) is 6.54 Å². The third-order valence-electron chi connectivity index (χ3n) is 5.00. The fraction of sp³-hybridized carbons (Fsp3) is 0.286. The van der Waals surface area contributed by atoms with Crippen molar-refractivity contribution in [3.05, 3.63) is 72.1 Å². The van der Waals surface area contributed by atoms with E-state index < -0.39 is 0 Å². The molecule has 1 N–H and O–H groups in total. The Hall–Kier alpha value is -2.95. The summed E-state index contributed by atoms with van der Waals surface area (Å²) in [6, 6.07) is 14.2. The predicted molar refractivity (Wildman–Crippen MR) is 99.1 cm³/mol. The van der Waals surface area contributed by atoms with Gasteiger partial charge in [-0.05, 0) is 29.7 Å². The number of nitrogens with zero attached hydrogens (tertiary/aromatic N) is 2. The highest BCUT2D eigenvalue weighted by Gasteiger charge is 2.47. The molecule has 1 aromatic carbocycles. The summed E-state index contributed by atoms with van der Waals surface area (Å²) >= 11 is 0. The fourth-order valence-electron chi connectivity index (χ4n) is 3.63. The largest absolute Gasteiger partial charge is 0.348 e. The highest BCUT2D eigenvalue weighted by molar-refractivity contribution is 5.92. The van der Waals surface area contributed by atoms with Gasteiger partial charge in [-0.3, -0.25) is 14.6 Å². The molecule has 1 aliphatic carbocycles. The van der Waals surface area contributed by atoms with Crippen LogP contribution in [0.3, 0.4) is 0 Å². The summed E-state index contributed by atoms with van der Waals surface area (Å²) in [6.45, 7) is 0.597. The molecule has 1 aliphatic heterocycles. The normalized spacial score (nSPS) is 24.8. The molecule has 5 heteroatoms. The second kappa shape index (κ2) is 7.12. The molecule has 26 heavy (non-hydrogen) atoms. The summed E-state index contributed by atoms with van der Waals surface area (Å²) in [4.78, 5) is 30.4. The Morgan fingerprint density at radius 1 is 1.19 bits per heavy atom. The number of pyridine rings is 1. The van der Waals surface area contributed by atoms with Crippen molar-refractivity contribution in [1.82, 2.24) is 15.2 Å². The average Bonchev–Trinajstić information content (AvgIpc) is 3.38. The molecule has 5 nitrogen and oxygen atoms in total. The third-order valence-corrected chi connectivity index (χ3v) is 5.00. The number of likely N-dealkylation sites (tertiary alicyclic amines) is 1. The van der Waals surface area contributed by atoms with Crippen molar-refractivity contribution in [3.8, 4) is 0 Å². The van der Waals surface area contributed by atoms with Gasteiger partial charge in [0.1, 0.15) is 0 Å². The van der Waals surface area contributed by atoms with Gasteiger partial charge in [0.25, 0.3) is 0 Å². The molecule has 0 bridgehead atoms. The lowest BCUT2D eigenvalue weighted by Crippen LogP contribution is -2.37. The molecular weight excluding hydrogens is 326 g/mol. The number of rotatable bonds is 5. The first kappa shape index (κ1) is 16.5. The number of hydrogen-bond acceptors (Lipinski definition) is 3. The minimum Gasteiger partial charge on any atom is -0.348 e. The number of hydrogen-bond donors (Lipinski definition) is 1. The molecule has 0 unspecified atom stereocenters. The summed E-state index contributed by atoms with van der Waals surface area (Å²) in [5.74, 6) is 0.388. The van der Waals surface area contributed by atoms with Crippen molar-refractivity contribution in [2.24, 2.45) is 0 Å². The molecule has 1 saturated heterocycles. The van der Waals surface area contributed by atoms with Crippen LogP contribution in [0.1, 0.15) is 29.9 Å². The zero-order chi connectivity index (χ0) is 17.9. The van der Waals surface area contributed by atoms with Crippen LogP contribution in [0, 0.1) is 0 Å². The Bertz CT molecular complexity index is 820. The standard InChI is InChI=1S/C21H21N3O2/c25-20(9-8-15-5-4-10-22-13-15)23-17-11-21(26)24(14-17)19-12-18(19)16-6-2-1-3-7-16/h1-10,13,17-19H,11-12,14H2,(H,23,25)/b9-8+/t17-,18-,19-/m1/s1. The minimum atomic E-state index is -0.177. The zero-order valence-corrected chi connectivity index (χ0v) is 14.4. The molecule has 0 radical (unpaired) electrons. The van der Waals surface area contributed by atoms with E-state index in [1.165, 1.54) is 11.6 Å². The van der Waals surface area contributed by atoms with E-state index in [1.807, 2.05) is 35.2 Å². The number of aromatic nitrogens is 1. The van der Waals surface area contributed by atoms with E-state index in [9.17, 15) is 9.59 Å². The molecule has 2 amide bonds. The van der Waals surface area contributed by atoms with E-state index in [-0.39, 0.29) is 23.9 Å². The van der Waals surface area contributed by atoms with Crippen LogP contribution in [0.15, 0.2) is 60.9 Å². The first-order valence-corrected chi connectivity index (χ1v) is 8.94. The van der Waals surface area contributed by atoms with Crippen LogP contribution in [0.2, 0.25) is 0 Å².